The van der Waals surface area contributed by atoms with Gasteiger partial charge in [-0.15, -0.1) is 0 Å². The molecular weight excluding hydrogens is 302 g/mol. The molecule has 2 rings (SSSR count). The molecule has 5 heteroatoms. The number of likely N-dealkylation sites (tertiary alicyclic amines) is 1. The first kappa shape index (κ1) is 18.3. The van der Waals surface area contributed by atoms with E-state index in [1.807, 2.05) is 11.9 Å². The Morgan fingerprint density at radius 2 is 2.00 bits per heavy atom. The topological polar surface area (TPSA) is 52.7 Å². The predicted molar refractivity (Wildman–Crippen MR) is 95.7 cm³/mol. The van der Waals surface area contributed by atoms with Gasteiger partial charge in [-0.25, -0.2) is 4.79 Å². The number of carbonyl (C=O) groups excluding carboxylic acids is 2. The van der Waals surface area contributed by atoms with E-state index < -0.39 is 0 Å². The van der Waals surface area contributed by atoms with Gasteiger partial charge in [0.25, 0.3) is 0 Å². The van der Waals surface area contributed by atoms with E-state index in [0.717, 1.165) is 31.5 Å². The Balaban J connectivity index is 1.88. The first-order valence-electron chi connectivity index (χ1n) is 8.74. The molecule has 1 aromatic rings. The maximum atomic E-state index is 12.5. The van der Waals surface area contributed by atoms with Crippen LogP contribution in [0, 0.1) is 12.8 Å². The van der Waals surface area contributed by atoms with Crippen molar-refractivity contribution in [3.8, 4) is 0 Å². The maximum Gasteiger partial charge on any atom is 0.317 e. The van der Waals surface area contributed by atoms with E-state index in [-0.39, 0.29) is 18.0 Å². The summed E-state index contributed by atoms with van der Waals surface area (Å²) in [5, 5.41) is 3.12. The zero-order chi connectivity index (χ0) is 17.7. The normalized spacial score (nSPS) is 18.3. The predicted octanol–water partition coefficient (Wildman–Crippen LogP) is 2.96. The lowest BCUT2D eigenvalue weighted by molar-refractivity contribution is -0.127. The molecule has 5 nitrogen and oxygen atoms in total. The van der Waals surface area contributed by atoms with Gasteiger partial charge < -0.3 is 15.1 Å². The van der Waals surface area contributed by atoms with Crippen molar-refractivity contribution in [2.45, 2.75) is 39.7 Å². The van der Waals surface area contributed by atoms with Gasteiger partial charge in [0.05, 0.1) is 6.04 Å². The van der Waals surface area contributed by atoms with E-state index in [1.54, 1.807) is 11.8 Å². The van der Waals surface area contributed by atoms with Crippen LogP contribution in [-0.4, -0.2) is 48.4 Å². The van der Waals surface area contributed by atoms with E-state index >= 15 is 0 Å². The van der Waals surface area contributed by atoms with Crippen LogP contribution in [0.2, 0.25) is 0 Å². The van der Waals surface area contributed by atoms with Crippen LogP contribution in [0.25, 0.3) is 0 Å². The molecule has 0 bridgehead atoms. The molecule has 3 amide bonds. The molecule has 1 fully saturated rings. The molecule has 1 aliphatic rings. The van der Waals surface area contributed by atoms with Crippen molar-refractivity contribution in [2.24, 2.45) is 5.92 Å². The van der Waals surface area contributed by atoms with Gasteiger partial charge in [0, 0.05) is 33.6 Å². The van der Waals surface area contributed by atoms with E-state index in [2.05, 4.69) is 43.4 Å². The number of urea groups is 1. The second kappa shape index (κ2) is 8.18. The SMILES string of the molecule is CC[C@H](NC(=O)N(C)C[C@@H]1CCN(C(C)=O)C1)c1ccc(C)cc1. The molecule has 24 heavy (non-hydrogen) atoms. The third-order valence-corrected chi connectivity index (χ3v) is 4.80. The van der Waals surface area contributed by atoms with Crippen LogP contribution < -0.4 is 5.32 Å². The molecule has 0 saturated carbocycles. The van der Waals surface area contributed by atoms with Crippen LogP contribution in [0.5, 0.6) is 0 Å². The summed E-state index contributed by atoms with van der Waals surface area (Å²) in [6.07, 6.45) is 1.82. The molecule has 132 valence electrons. The Hall–Kier alpha value is -2.04. The molecule has 1 N–H and O–H groups in total. The van der Waals surface area contributed by atoms with Gasteiger partial charge in [0.2, 0.25) is 5.91 Å². The fourth-order valence-corrected chi connectivity index (χ4v) is 3.22. The highest BCUT2D eigenvalue weighted by molar-refractivity contribution is 5.75. The van der Waals surface area contributed by atoms with E-state index in [0.29, 0.717) is 12.5 Å². The van der Waals surface area contributed by atoms with Crippen LogP contribution in [-0.2, 0) is 4.79 Å². The van der Waals surface area contributed by atoms with Crippen LogP contribution in [0.1, 0.15) is 43.9 Å². The number of carbonyl (C=O) groups is 2. The van der Waals surface area contributed by atoms with Crippen LogP contribution >= 0.6 is 0 Å². The van der Waals surface area contributed by atoms with Gasteiger partial charge in [-0.2, -0.15) is 0 Å². The number of hydrogen-bond acceptors (Lipinski definition) is 2. The zero-order valence-corrected chi connectivity index (χ0v) is 15.2. The maximum absolute atomic E-state index is 12.5. The number of amides is 3. The van der Waals surface area contributed by atoms with Crippen LogP contribution in [0.15, 0.2) is 24.3 Å². The van der Waals surface area contributed by atoms with Crippen LogP contribution in [0.3, 0.4) is 0 Å². The molecule has 0 spiro atoms. The Bertz CT molecular complexity index is 570. The highest BCUT2D eigenvalue weighted by atomic mass is 16.2. The van der Waals surface area contributed by atoms with Gasteiger partial charge in [0.1, 0.15) is 0 Å². The number of rotatable bonds is 5. The quantitative estimate of drug-likeness (QED) is 0.902. The average Bonchev–Trinajstić information content (AvgIpc) is 3.02. The van der Waals surface area contributed by atoms with E-state index in [9.17, 15) is 9.59 Å². The lowest BCUT2D eigenvalue weighted by Crippen LogP contribution is -2.42. The van der Waals surface area contributed by atoms with Gasteiger partial charge in [-0.1, -0.05) is 36.8 Å². The van der Waals surface area contributed by atoms with E-state index in [1.165, 1.54) is 5.56 Å². The average molecular weight is 331 g/mol. The summed E-state index contributed by atoms with van der Waals surface area (Å²) in [6, 6.07) is 8.27. The zero-order valence-electron chi connectivity index (χ0n) is 15.2. The van der Waals surface area contributed by atoms with Crippen LogP contribution in [0.4, 0.5) is 4.79 Å². The Labute approximate surface area is 145 Å². The lowest BCUT2D eigenvalue weighted by Gasteiger charge is -2.25. The molecule has 0 aliphatic carbocycles. The number of nitrogens with zero attached hydrogens (tertiary/aromatic N) is 2. The second-order valence-electron chi connectivity index (χ2n) is 6.82. The minimum Gasteiger partial charge on any atom is -0.343 e. The Morgan fingerprint density at radius 3 is 2.54 bits per heavy atom. The third-order valence-electron chi connectivity index (χ3n) is 4.80. The molecule has 0 aromatic heterocycles. The number of aryl methyl sites for hydroxylation is 1. The molecular formula is C19H29N3O2. The highest BCUT2D eigenvalue weighted by Crippen LogP contribution is 2.19. The number of nitrogens with one attached hydrogen (secondary N) is 1. The van der Waals surface area contributed by atoms with Gasteiger partial charge >= 0.3 is 6.03 Å². The largest absolute Gasteiger partial charge is 0.343 e. The van der Waals surface area contributed by atoms with Crippen molar-refractivity contribution in [2.75, 3.05) is 26.7 Å². The minimum atomic E-state index is -0.0521. The van der Waals surface area contributed by atoms with Crippen molar-refractivity contribution in [1.29, 1.82) is 0 Å². The summed E-state index contributed by atoms with van der Waals surface area (Å²) in [7, 11) is 1.83. The third kappa shape index (κ3) is 4.73. The van der Waals surface area contributed by atoms with Crippen molar-refractivity contribution < 1.29 is 9.59 Å². The standard InChI is InChI=1S/C19H29N3O2/c1-5-18(17-8-6-14(2)7-9-17)20-19(24)21(4)12-16-10-11-22(13-16)15(3)23/h6-9,16,18H,5,10-13H2,1-4H3,(H,20,24)/t16-,18-/m0/s1. The minimum absolute atomic E-state index is 0.0258. The highest BCUT2D eigenvalue weighted by Gasteiger charge is 2.26. The van der Waals surface area contributed by atoms with Crippen molar-refractivity contribution in [1.82, 2.24) is 15.1 Å². The van der Waals surface area contributed by atoms with Gasteiger partial charge in [0.15, 0.2) is 0 Å². The van der Waals surface area contributed by atoms with Crippen molar-refractivity contribution >= 4 is 11.9 Å². The molecule has 1 aromatic carbocycles. The van der Waals surface area contributed by atoms with Crippen molar-refractivity contribution in [3.63, 3.8) is 0 Å². The number of benzene rings is 1. The smallest absolute Gasteiger partial charge is 0.317 e. The molecule has 1 heterocycles. The summed E-state index contributed by atoms with van der Waals surface area (Å²) in [4.78, 5) is 27.5. The monoisotopic (exact) mass is 331 g/mol. The molecule has 0 unspecified atom stereocenters. The first-order chi connectivity index (χ1) is 11.4. The molecule has 1 saturated heterocycles. The molecule has 0 radical (unpaired) electrons. The Kier molecular flexibility index (Phi) is 6.23. The fourth-order valence-electron chi connectivity index (χ4n) is 3.22. The Morgan fingerprint density at radius 1 is 1.33 bits per heavy atom. The molecule has 1 aliphatic heterocycles. The summed E-state index contributed by atoms with van der Waals surface area (Å²) in [5.41, 5.74) is 2.35. The molecule has 2 atom stereocenters. The summed E-state index contributed by atoms with van der Waals surface area (Å²) in [5.74, 6) is 0.485. The second-order valence-corrected chi connectivity index (χ2v) is 6.82. The van der Waals surface area contributed by atoms with Gasteiger partial charge in [-0.05, 0) is 31.2 Å². The lowest BCUT2D eigenvalue weighted by atomic mass is 10.0. The summed E-state index contributed by atoms with van der Waals surface area (Å²) in [6.45, 7) is 7.97. The van der Waals surface area contributed by atoms with Gasteiger partial charge in [-0.3, -0.25) is 4.79 Å². The summed E-state index contributed by atoms with van der Waals surface area (Å²) >= 11 is 0. The van der Waals surface area contributed by atoms with Crippen molar-refractivity contribution in [3.05, 3.63) is 35.4 Å². The summed E-state index contributed by atoms with van der Waals surface area (Å²) < 4.78 is 0. The first-order valence-corrected chi connectivity index (χ1v) is 8.74. The van der Waals surface area contributed by atoms with E-state index in [4.69, 9.17) is 0 Å². The fraction of sp³-hybridized carbons (Fsp3) is 0.579. The number of hydrogen-bond donors (Lipinski definition) is 1.